The van der Waals surface area contributed by atoms with Crippen LogP contribution in [-0.2, 0) is 0 Å². The first kappa shape index (κ1) is 15.3. The number of rotatable bonds is 2. The van der Waals surface area contributed by atoms with Gasteiger partial charge in [-0.05, 0) is 41.5 Å². The summed E-state index contributed by atoms with van der Waals surface area (Å²) in [5.74, 6) is -0.335. The third kappa shape index (κ3) is 3.30. The lowest BCUT2D eigenvalue weighted by molar-refractivity contribution is 0.151. The van der Waals surface area contributed by atoms with Gasteiger partial charge in [-0.15, -0.1) is 0 Å². The van der Waals surface area contributed by atoms with Crippen LogP contribution in [0.5, 0.6) is 0 Å². The Bertz CT molecular complexity index is 501. The van der Waals surface area contributed by atoms with Crippen molar-refractivity contribution in [3.63, 3.8) is 0 Å². The number of nitrogens with one attached hydrogen (secondary N) is 1. The van der Waals surface area contributed by atoms with Crippen molar-refractivity contribution in [3.8, 4) is 0 Å². The van der Waals surface area contributed by atoms with Crippen LogP contribution < -0.4 is 5.32 Å². The highest BCUT2D eigenvalue weighted by atomic mass is 79.9. The van der Waals surface area contributed by atoms with E-state index in [1.54, 1.807) is 24.0 Å². The average molecular weight is 344 g/mol. The number of anilines is 1. The number of likely N-dealkylation sites (N-methyl/N-ethyl adjacent to an activating group) is 1. The molecule has 0 atom stereocenters. The van der Waals surface area contributed by atoms with Crippen molar-refractivity contribution >= 4 is 27.6 Å². The highest BCUT2D eigenvalue weighted by Crippen LogP contribution is 2.25. The van der Waals surface area contributed by atoms with Crippen LogP contribution in [0.15, 0.2) is 16.6 Å². The van der Waals surface area contributed by atoms with Crippen LogP contribution in [0.2, 0.25) is 0 Å². The fourth-order valence-electron chi connectivity index (χ4n) is 2.25. The van der Waals surface area contributed by atoms with Crippen LogP contribution in [0.3, 0.4) is 0 Å². The number of urea groups is 1. The van der Waals surface area contributed by atoms with Crippen LogP contribution in [0.4, 0.5) is 14.9 Å². The van der Waals surface area contributed by atoms with E-state index in [-0.39, 0.29) is 11.8 Å². The van der Waals surface area contributed by atoms with Gasteiger partial charge in [-0.3, -0.25) is 0 Å². The van der Waals surface area contributed by atoms with Crippen molar-refractivity contribution in [2.75, 3.05) is 38.0 Å². The van der Waals surface area contributed by atoms with Crippen LogP contribution >= 0.6 is 15.9 Å². The average Bonchev–Trinajstić information content (AvgIpc) is 2.48. The Morgan fingerprint density at radius 1 is 1.35 bits per heavy atom. The number of piperazine rings is 1. The monoisotopic (exact) mass is 343 g/mol. The Labute approximate surface area is 127 Å². The summed E-state index contributed by atoms with van der Waals surface area (Å²) >= 11 is 3.13. The molecule has 2 rings (SSSR count). The number of benzene rings is 1. The Morgan fingerprint density at radius 3 is 2.60 bits per heavy atom. The first-order chi connectivity index (χ1) is 9.52. The molecule has 2 amide bonds. The number of carbonyl (C=O) groups is 1. The van der Waals surface area contributed by atoms with E-state index in [0.717, 1.165) is 19.6 Å². The molecule has 110 valence electrons. The minimum atomic E-state index is -0.335. The fourth-order valence-corrected chi connectivity index (χ4v) is 2.68. The van der Waals surface area contributed by atoms with Gasteiger partial charge in [0.1, 0.15) is 5.82 Å². The Hall–Kier alpha value is -1.14. The lowest BCUT2D eigenvalue weighted by Crippen LogP contribution is -2.49. The van der Waals surface area contributed by atoms with E-state index in [9.17, 15) is 9.18 Å². The Morgan fingerprint density at radius 2 is 2.00 bits per heavy atom. The predicted octanol–water partition coefficient (Wildman–Crippen LogP) is 3.07. The number of hydrogen-bond acceptors (Lipinski definition) is 2. The van der Waals surface area contributed by atoms with Crippen LogP contribution in [0, 0.1) is 12.7 Å². The van der Waals surface area contributed by atoms with Gasteiger partial charge in [-0.2, -0.15) is 0 Å². The zero-order valence-electron chi connectivity index (χ0n) is 11.7. The van der Waals surface area contributed by atoms with Crippen LogP contribution in [0.25, 0.3) is 0 Å². The van der Waals surface area contributed by atoms with E-state index in [1.165, 1.54) is 0 Å². The van der Waals surface area contributed by atoms with Crippen molar-refractivity contribution in [3.05, 3.63) is 28.0 Å². The van der Waals surface area contributed by atoms with Gasteiger partial charge in [0.25, 0.3) is 0 Å². The third-order valence-electron chi connectivity index (χ3n) is 3.69. The molecule has 1 N–H and O–H groups in total. The van der Waals surface area contributed by atoms with Gasteiger partial charge in [-0.1, -0.05) is 6.92 Å². The van der Waals surface area contributed by atoms with E-state index < -0.39 is 0 Å². The molecule has 0 radical (unpaired) electrons. The predicted molar refractivity (Wildman–Crippen MR) is 81.5 cm³/mol. The number of amides is 2. The van der Waals surface area contributed by atoms with Crippen LogP contribution in [-0.4, -0.2) is 48.6 Å². The maximum absolute atomic E-state index is 13.8. The molecule has 0 bridgehead atoms. The van der Waals surface area contributed by atoms with Gasteiger partial charge in [0, 0.05) is 37.4 Å². The molecule has 1 saturated heterocycles. The highest BCUT2D eigenvalue weighted by Gasteiger charge is 2.21. The summed E-state index contributed by atoms with van der Waals surface area (Å²) in [5.41, 5.74) is 0.966. The second-order valence-corrected chi connectivity index (χ2v) is 5.74. The molecule has 20 heavy (non-hydrogen) atoms. The topological polar surface area (TPSA) is 35.6 Å². The van der Waals surface area contributed by atoms with E-state index in [2.05, 4.69) is 33.1 Å². The molecular weight excluding hydrogens is 325 g/mol. The minimum Gasteiger partial charge on any atom is -0.322 e. The summed E-state index contributed by atoms with van der Waals surface area (Å²) in [4.78, 5) is 16.2. The lowest BCUT2D eigenvalue weighted by atomic mass is 10.2. The molecular formula is C14H19BrFN3O. The second kappa shape index (κ2) is 6.54. The Balaban J connectivity index is 2.00. The molecule has 4 nitrogen and oxygen atoms in total. The minimum absolute atomic E-state index is 0.162. The molecule has 1 fully saturated rings. The van der Waals surface area contributed by atoms with Crippen molar-refractivity contribution in [2.24, 2.45) is 0 Å². The molecule has 0 aromatic heterocycles. The van der Waals surface area contributed by atoms with E-state index >= 15 is 0 Å². The lowest BCUT2D eigenvalue weighted by Gasteiger charge is -2.34. The first-order valence-electron chi connectivity index (χ1n) is 6.75. The summed E-state index contributed by atoms with van der Waals surface area (Å²) in [6, 6.07) is 3.15. The Kier molecular flexibility index (Phi) is 4.99. The van der Waals surface area contributed by atoms with Gasteiger partial charge < -0.3 is 15.1 Å². The van der Waals surface area contributed by atoms with E-state index in [4.69, 9.17) is 0 Å². The zero-order valence-corrected chi connectivity index (χ0v) is 13.3. The molecule has 1 heterocycles. The fraction of sp³-hybridized carbons (Fsp3) is 0.500. The third-order valence-corrected chi connectivity index (χ3v) is 4.30. The van der Waals surface area contributed by atoms with Gasteiger partial charge in [0.15, 0.2) is 0 Å². The normalized spacial score (nSPS) is 16.3. The van der Waals surface area contributed by atoms with Crippen molar-refractivity contribution < 1.29 is 9.18 Å². The van der Waals surface area contributed by atoms with Gasteiger partial charge in [0.05, 0.1) is 4.47 Å². The molecule has 0 aliphatic carbocycles. The van der Waals surface area contributed by atoms with Gasteiger partial charge >= 0.3 is 6.03 Å². The summed E-state index contributed by atoms with van der Waals surface area (Å²) in [5, 5.41) is 2.79. The zero-order chi connectivity index (χ0) is 14.7. The number of hydrogen-bond donors (Lipinski definition) is 1. The molecule has 1 aromatic carbocycles. The quantitative estimate of drug-likeness (QED) is 0.895. The molecule has 1 aliphatic heterocycles. The molecule has 0 unspecified atom stereocenters. The SMILES string of the molecule is CCN1CCN(C(=O)Nc2ccc(Br)c(F)c2C)CC1. The molecule has 1 aromatic rings. The summed E-state index contributed by atoms with van der Waals surface area (Å²) in [6.07, 6.45) is 0. The smallest absolute Gasteiger partial charge is 0.321 e. The number of halogens is 2. The number of carbonyl (C=O) groups excluding carboxylic acids is 1. The molecule has 6 heteroatoms. The largest absolute Gasteiger partial charge is 0.322 e. The summed E-state index contributed by atoms with van der Waals surface area (Å²) < 4.78 is 14.2. The maximum Gasteiger partial charge on any atom is 0.321 e. The van der Waals surface area contributed by atoms with Gasteiger partial charge in [0.2, 0.25) is 0 Å². The van der Waals surface area contributed by atoms with Crippen molar-refractivity contribution in [1.29, 1.82) is 0 Å². The van der Waals surface area contributed by atoms with Crippen molar-refractivity contribution in [2.45, 2.75) is 13.8 Å². The second-order valence-electron chi connectivity index (χ2n) is 4.89. The van der Waals surface area contributed by atoms with E-state index in [0.29, 0.717) is 28.8 Å². The van der Waals surface area contributed by atoms with E-state index in [1.807, 2.05) is 0 Å². The van der Waals surface area contributed by atoms with Crippen LogP contribution in [0.1, 0.15) is 12.5 Å². The van der Waals surface area contributed by atoms with Gasteiger partial charge in [-0.25, -0.2) is 9.18 Å². The van der Waals surface area contributed by atoms with Crippen molar-refractivity contribution in [1.82, 2.24) is 9.80 Å². The number of nitrogens with zero attached hydrogens (tertiary/aromatic N) is 2. The molecule has 0 saturated carbocycles. The standard InChI is InChI=1S/C14H19BrFN3O/c1-3-18-6-8-19(9-7-18)14(20)17-12-5-4-11(15)13(16)10(12)2/h4-5H,3,6-9H2,1-2H3,(H,17,20). The molecule has 1 aliphatic rings. The summed E-state index contributed by atoms with van der Waals surface area (Å²) in [7, 11) is 0. The molecule has 0 spiro atoms. The highest BCUT2D eigenvalue weighted by molar-refractivity contribution is 9.10. The summed E-state index contributed by atoms with van der Waals surface area (Å²) in [6.45, 7) is 7.96. The maximum atomic E-state index is 13.8. The first-order valence-corrected chi connectivity index (χ1v) is 7.55.